The van der Waals surface area contributed by atoms with Gasteiger partial charge in [0.15, 0.2) is 9.84 Å². The predicted molar refractivity (Wildman–Crippen MR) is 78.2 cm³/mol. The highest BCUT2D eigenvalue weighted by atomic mass is 32.2. The monoisotopic (exact) mass is 304 g/mol. The lowest BCUT2D eigenvalue weighted by molar-refractivity contribution is 0.597. The molecule has 2 rings (SSSR count). The molecule has 0 fully saturated rings. The van der Waals surface area contributed by atoms with Gasteiger partial charge in [-0.15, -0.1) is 11.8 Å². The minimum Gasteiger partial charge on any atom is -0.250 e. The van der Waals surface area contributed by atoms with E-state index in [0.717, 1.165) is 5.03 Å². The van der Waals surface area contributed by atoms with E-state index in [-0.39, 0.29) is 10.6 Å². The van der Waals surface area contributed by atoms with Crippen LogP contribution in [0.25, 0.3) is 0 Å². The lowest BCUT2D eigenvalue weighted by Crippen LogP contribution is -2.09. The number of sulfone groups is 1. The molecule has 0 aliphatic rings. The second kappa shape index (κ2) is 6.55. The van der Waals surface area contributed by atoms with Gasteiger partial charge in [0.1, 0.15) is 0 Å². The van der Waals surface area contributed by atoms with Crippen molar-refractivity contribution in [3.63, 3.8) is 0 Å². The summed E-state index contributed by atoms with van der Waals surface area (Å²) in [6, 6.07) is 13.5. The zero-order valence-corrected chi connectivity index (χ0v) is 12.2. The molecule has 1 aromatic carbocycles. The van der Waals surface area contributed by atoms with E-state index in [9.17, 15) is 8.42 Å². The van der Waals surface area contributed by atoms with Crippen LogP contribution < -0.4 is 0 Å². The molecule has 2 aromatic rings. The van der Waals surface area contributed by atoms with Gasteiger partial charge < -0.3 is 0 Å². The molecule has 0 spiro atoms. The molecule has 0 radical (unpaired) electrons. The average molecular weight is 304 g/mol. The molecular formula is C14H12N2O2S2. The van der Waals surface area contributed by atoms with Crippen LogP contribution in [0.5, 0.6) is 0 Å². The third-order valence-corrected chi connectivity index (χ3v) is 5.48. The van der Waals surface area contributed by atoms with Crippen LogP contribution in [0, 0.1) is 11.3 Å². The van der Waals surface area contributed by atoms with Crippen LogP contribution in [0.1, 0.15) is 5.56 Å². The highest BCUT2D eigenvalue weighted by Crippen LogP contribution is 2.18. The van der Waals surface area contributed by atoms with Crippen LogP contribution in [0.15, 0.2) is 58.6 Å². The smallest absolute Gasteiger partial charge is 0.179 e. The summed E-state index contributed by atoms with van der Waals surface area (Å²) in [4.78, 5) is 4.32. The fraction of sp³-hybridized carbons (Fsp3) is 0.143. The number of nitriles is 1. The molecule has 1 heterocycles. The first-order valence-corrected chi connectivity index (χ1v) is 8.52. The molecule has 0 aliphatic carbocycles. The van der Waals surface area contributed by atoms with Gasteiger partial charge in [0.2, 0.25) is 0 Å². The van der Waals surface area contributed by atoms with E-state index in [1.165, 1.54) is 23.9 Å². The lowest BCUT2D eigenvalue weighted by atomic mass is 10.2. The molecule has 102 valence electrons. The minimum absolute atomic E-state index is 0.0170. The zero-order chi connectivity index (χ0) is 14.4. The molecule has 0 atom stereocenters. The van der Waals surface area contributed by atoms with Gasteiger partial charge in [-0.25, -0.2) is 13.4 Å². The molecular weight excluding hydrogens is 292 g/mol. The van der Waals surface area contributed by atoms with Crippen molar-refractivity contribution in [2.75, 3.05) is 11.5 Å². The number of thioether (sulfide) groups is 1. The lowest BCUT2D eigenvalue weighted by Gasteiger charge is -2.04. The Labute approximate surface area is 122 Å². The molecule has 0 amide bonds. The van der Waals surface area contributed by atoms with Gasteiger partial charge >= 0.3 is 0 Å². The maximum absolute atomic E-state index is 12.1. The number of rotatable bonds is 5. The van der Waals surface area contributed by atoms with Crippen LogP contribution in [0.4, 0.5) is 0 Å². The van der Waals surface area contributed by atoms with Crippen LogP contribution in [0.2, 0.25) is 0 Å². The second-order valence-electron chi connectivity index (χ2n) is 3.97. The molecule has 0 saturated heterocycles. The van der Waals surface area contributed by atoms with E-state index in [1.54, 1.807) is 18.3 Å². The second-order valence-corrected chi connectivity index (χ2v) is 7.20. The van der Waals surface area contributed by atoms with Crippen LogP contribution in [-0.2, 0) is 9.84 Å². The highest BCUT2D eigenvalue weighted by molar-refractivity contribution is 8.00. The Bertz CT molecular complexity index is 722. The predicted octanol–water partition coefficient (Wildman–Crippen LogP) is 2.52. The fourth-order valence-electron chi connectivity index (χ4n) is 1.57. The Morgan fingerprint density at radius 1 is 1.20 bits per heavy atom. The van der Waals surface area contributed by atoms with Crippen molar-refractivity contribution < 1.29 is 8.42 Å². The highest BCUT2D eigenvalue weighted by Gasteiger charge is 2.14. The van der Waals surface area contributed by atoms with E-state index in [1.807, 2.05) is 24.3 Å². The third-order valence-electron chi connectivity index (χ3n) is 2.56. The number of hydrogen-bond donors (Lipinski definition) is 0. The summed E-state index contributed by atoms with van der Waals surface area (Å²) >= 11 is 1.40. The molecule has 0 unspecified atom stereocenters. The maximum Gasteiger partial charge on any atom is 0.179 e. The quantitative estimate of drug-likeness (QED) is 0.794. The van der Waals surface area contributed by atoms with Gasteiger partial charge in [-0.05, 0) is 30.3 Å². The number of nitrogens with zero attached hydrogens (tertiary/aromatic N) is 2. The topological polar surface area (TPSA) is 70.8 Å². The standard InChI is InChI=1S/C14H12N2O2S2/c15-11-12-4-3-5-13(10-12)20(17,18)9-8-19-14-6-1-2-7-16-14/h1-7,10H,8-9H2. The van der Waals surface area contributed by atoms with E-state index < -0.39 is 9.84 Å². The van der Waals surface area contributed by atoms with Crippen molar-refractivity contribution >= 4 is 21.6 Å². The molecule has 1 aromatic heterocycles. The van der Waals surface area contributed by atoms with Crippen molar-refractivity contribution in [2.24, 2.45) is 0 Å². The Morgan fingerprint density at radius 2 is 2.05 bits per heavy atom. The van der Waals surface area contributed by atoms with Crippen molar-refractivity contribution in [3.05, 3.63) is 54.2 Å². The molecule has 6 heteroatoms. The van der Waals surface area contributed by atoms with Gasteiger partial charge in [0, 0.05) is 11.9 Å². The molecule has 0 N–H and O–H groups in total. The normalized spacial score (nSPS) is 10.9. The van der Waals surface area contributed by atoms with E-state index in [0.29, 0.717) is 11.3 Å². The summed E-state index contributed by atoms with van der Waals surface area (Å²) in [6.07, 6.45) is 1.67. The number of aromatic nitrogens is 1. The van der Waals surface area contributed by atoms with Crippen molar-refractivity contribution in [3.8, 4) is 6.07 Å². The summed E-state index contributed by atoms with van der Waals surface area (Å²) in [5.41, 5.74) is 0.350. The van der Waals surface area contributed by atoms with Crippen LogP contribution in [-0.4, -0.2) is 24.9 Å². The summed E-state index contributed by atoms with van der Waals surface area (Å²) in [5, 5.41) is 9.59. The van der Waals surface area contributed by atoms with Crippen molar-refractivity contribution in [1.82, 2.24) is 4.98 Å². The number of hydrogen-bond acceptors (Lipinski definition) is 5. The van der Waals surface area contributed by atoms with Gasteiger partial charge in [-0.3, -0.25) is 0 Å². The first kappa shape index (κ1) is 14.6. The summed E-state index contributed by atoms with van der Waals surface area (Å²) in [5.74, 6) is 0.444. The molecule has 0 saturated carbocycles. The Hall–Kier alpha value is -1.84. The number of pyridine rings is 1. The molecule has 0 bridgehead atoms. The SMILES string of the molecule is N#Cc1cccc(S(=O)(=O)CCSc2ccccn2)c1. The Morgan fingerprint density at radius 3 is 2.75 bits per heavy atom. The van der Waals surface area contributed by atoms with Crippen molar-refractivity contribution in [1.29, 1.82) is 5.26 Å². The first-order valence-electron chi connectivity index (χ1n) is 5.88. The molecule has 0 aliphatic heterocycles. The first-order chi connectivity index (χ1) is 9.62. The van der Waals surface area contributed by atoms with Gasteiger partial charge in [-0.1, -0.05) is 12.1 Å². The zero-order valence-electron chi connectivity index (χ0n) is 10.6. The van der Waals surface area contributed by atoms with E-state index in [2.05, 4.69) is 4.98 Å². The largest absolute Gasteiger partial charge is 0.250 e. The third kappa shape index (κ3) is 3.83. The van der Waals surface area contributed by atoms with Gasteiger partial charge in [-0.2, -0.15) is 5.26 Å². The Balaban J connectivity index is 2.02. The minimum atomic E-state index is -3.36. The average Bonchev–Trinajstić information content (AvgIpc) is 2.48. The van der Waals surface area contributed by atoms with Crippen LogP contribution >= 0.6 is 11.8 Å². The molecule has 4 nitrogen and oxygen atoms in total. The molecule has 20 heavy (non-hydrogen) atoms. The van der Waals surface area contributed by atoms with E-state index in [4.69, 9.17) is 5.26 Å². The van der Waals surface area contributed by atoms with Crippen molar-refractivity contribution in [2.45, 2.75) is 9.92 Å². The summed E-state index contributed by atoms with van der Waals surface area (Å²) in [6.45, 7) is 0. The van der Waals surface area contributed by atoms with Gasteiger partial charge in [0.05, 0.1) is 27.3 Å². The Kier molecular flexibility index (Phi) is 4.77. The van der Waals surface area contributed by atoms with Crippen LogP contribution in [0.3, 0.4) is 0 Å². The van der Waals surface area contributed by atoms with Gasteiger partial charge in [0.25, 0.3) is 0 Å². The van der Waals surface area contributed by atoms with E-state index >= 15 is 0 Å². The maximum atomic E-state index is 12.1. The summed E-state index contributed by atoms with van der Waals surface area (Å²) in [7, 11) is -3.36. The number of benzene rings is 1. The fourth-order valence-corrected chi connectivity index (χ4v) is 4.12. The summed E-state index contributed by atoms with van der Waals surface area (Å²) < 4.78 is 24.3.